The molecule has 4 aliphatic carbocycles. The highest BCUT2D eigenvalue weighted by Gasteiger charge is 2.66. The topological polar surface area (TPSA) is 339 Å². The number of aliphatic hydroxyl groups excluding tert-OH is 14. The standard InChI is InChI=1S/C45H78O20/c1-17(2)31(50)25(49)10-18(3)30-26(62-43-40(59)36(55)33(52)28(15-47)64-43)13-22-20-12-24(48)23-11-19(6-8-44(23,4)21(20)7-9-45(22,30)5)61-42-39(58)37(56)34(53)29(65-42)16-60-41-38(57)35(54)32(51)27(14-46)63-41/h17-43,46-59H,6-16H2,1-5H3/t18-,19-,20+,21-,22+,23+,24+,25+,26-,27+,28+,29+,30-,31-,32+,33+,34+,35-,36-,37-,38+,39+,40+,41+,42+,43+,44+,45-/m0/s1. The molecule has 7 aliphatic rings. The quantitative estimate of drug-likeness (QED) is 0.0764. The van der Waals surface area contributed by atoms with Gasteiger partial charge in [0.2, 0.25) is 0 Å². The number of aliphatic hydroxyl groups is 14. The second-order valence-corrected chi connectivity index (χ2v) is 21.6. The molecule has 3 heterocycles. The van der Waals surface area contributed by atoms with Crippen molar-refractivity contribution in [1.82, 2.24) is 0 Å². The van der Waals surface area contributed by atoms with Crippen LogP contribution in [-0.2, 0) is 28.4 Å². The first-order valence-corrected chi connectivity index (χ1v) is 23.8. The van der Waals surface area contributed by atoms with Gasteiger partial charge in [0.1, 0.15) is 73.2 Å². The molecule has 0 radical (unpaired) electrons. The van der Waals surface area contributed by atoms with Crippen molar-refractivity contribution < 1.29 is 99.9 Å². The van der Waals surface area contributed by atoms with E-state index in [2.05, 4.69) is 13.8 Å². The molecule has 7 fully saturated rings. The number of hydrogen-bond donors (Lipinski definition) is 14. The molecule has 0 aromatic carbocycles. The first kappa shape index (κ1) is 52.0. The summed E-state index contributed by atoms with van der Waals surface area (Å²) in [5.41, 5.74) is -0.698. The van der Waals surface area contributed by atoms with E-state index in [1.807, 2.05) is 20.8 Å². The van der Waals surface area contributed by atoms with Crippen LogP contribution in [0.1, 0.15) is 86.0 Å². The van der Waals surface area contributed by atoms with Crippen molar-refractivity contribution in [3.05, 3.63) is 0 Å². The Bertz CT molecular complexity index is 1540. The van der Waals surface area contributed by atoms with Crippen LogP contribution in [0.2, 0.25) is 0 Å². The Labute approximate surface area is 380 Å². The molecule has 378 valence electrons. The highest BCUT2D eigenvalue weighted by atomic mass is 16.7. The van der Waals surface area contributed by atoms with Gasteiger partial charge in [0.25, 0.3) is 0 Å². The number of fused-ring (bicyclic) bond motifs is 5. The van der Waals surface area contributed by atoms with Crippen molar-refractivity contribution in [2.45, 2.75) is 209 Å². The molecule has 0 aromatic rings. The van der Waals surface area contributed by atoms with E-state index in [1.54, 1.807) is 0 Å². The fourth-order valence-corrected chi connectivity index (χ4v) is 13.8. The molecule has 0 bridgehead atoms. The van der Waals surface area contributed by atoms with Gasteiger partial charge in [-0.25, -0.2) is 0 Å². The second-order valence-electron chi connectivity index (χ2n) is 21.6. The van der Waals surface area contributed by atoms with Gasteiger partial charge in [0.05, 0.1) is 50.3 Å². The zero-order valence-corrected chi connectivity index (χ0v) is 38.1. The highest BCUT2D eigenvalue weighted by molar-refractivity contribution is 5.14. The molecule has 20 heteroatoms. The maximum atomic E-state index is 12.1. The van der Waals surface area contributed by atoms with Crippen LogP contribution < -0.4 is 0 Å². The Morgan fingerprint density at radius 2 is 1.09 bits per heavy atom. The Morgan fingerprint density at radius 3 is 1.68 bits per heavy atom. The first-order valence-electron chi connectivity index (χ1n) is 23.8. The lowest BCUT2D eigenvalue weighted by molar-refractivity contribution is -0.338. The zero-order valence-electron chi connectivity index (χ0n) is 38.1. The molecule has 65 heavy (non-hydrogen) atoms. The number of rotatable bonds is 14. The molecule has 20 nitrogen and oxygen atoms in total. The van der Waals surface area contributed by atoms with Gasteiger partial charge in [-0.05, 0) is 104 Å². The van der Waals surface area contributed by atoms with Gasteiger partial charge in [-0.3, -0.25) is 0 Å². The monoisotopic (exact) mass is 939 g/mol. The van der Waals surface area contributed by atoms with Crippen molar-refractivity contribution >= 4 is 0 Å². The number of hydrogen-bond acceptors (Lipinski definition) is 20. The molecule has 0 spiro atoms. The van der Waals surface area contributed by atoms with Crippen molar-refractivity contribution in [1.29, 1.82) is 0 Å². The third kappa shape index (κ3) is 9.70. The molecular formula is C45H78O20. The summed E-state index contributed by atoms with van der Waals surface area (Å²) >= 11 is 0. The van der Waals surface area contributed by atoms with Gasteiger partial charge >= 0.3 is 0 Å². The summed E-state index contributed by atoms with van der Waals surface area (Å²) in [7, 11) is 0. The third-order valence-electron chi connectivity index (χ3n) is 17.4. The van der Waals surface area contributed by atoms with Gasteiger partial charge in [-0.2, -0.15) is 0 Å². The highest BCUT2D eigenvalue weighted by Crippen LogP contribution is 2.69. The summed E-state index contributed by atoms with van der Waals surface area (Å²) in [6.07, 6.45) is -22.0. The molecule has 0 amide bonds. The molecule has 7 rings (SSSR count). The minimum Gasteiger partial charge on any atom is -0.394 e. The molecule has 3 saturated heterocycles. The molecule has 0 unspecified atom stereocenters. The average molecular weight is 939 g/mol. The average Bonchev–Trinajstić information content (AvgIpc) is 3.57. The molecule has 3 aliphatic heterocycles. The molecular weight excluding hydrogens is 860 g/mol. The first-order chi connectivity index (χ1) is 30.6. The van der Waals surface area contributed by atoms with Gasteiger partial charge in [-0.15, -0.1) is 0 Å². The SMILES string of the molecule is CC(C)[C@H](O)[C@H](O)C[C@H](C)[C@H]1[C@@H](O[C@@H]2O[C@H](CO)[C@@H](O)[C@H](O)[C@H]2O)C[C@@H]2[C@@H]3C[C@@H](O)[C@H]4C[C@@H](O[C@@H]5O[C@H](CO[C@@H]6O[C@H](CO)[C@@H](O)[C@H](O)[C@H]6O)[C@@H](O)[C@H](O)[C@H]5O)CC[C@]4(C)[C@H]3CC[C@]12C. The van der Waals surface area contributed by atoms with Crippen LogP contribution in [0.4, 0.5) is 0 Å². The van der Waals surface area contributed by atoms with Crippen molar-refractivity contribution in [3.63, 3.8) is 0 Å². The Morgan fingerprint density at radius 1 is 0.569 bits per heavy atom. The van der Waals surface area contributed by atoms with Crippen molar-refractivity contribution in [3.8, 4) is 0 Å². The summed E-state index contributed by atoms with van der Waals surface area (Å²) in [4.78, 5) is 0. The maximum Gasteiger partial charge on any atom is 0.186 e. The predicted molar refractivity (Wildman–Crippen MR) is 223 cm³/mol. The predicted octanol–water partition coefficient (Wildman–Crippen LogP) is -3.18. The largest absolute Gasteiger partial charge is 0.394 e. The lowest BCUT2D eigenvalue weighted by atomic mass is 9.43. The van der Waals surface area contributed by atoms with E-state index in [9.17, 15) is 71.5 Å². The van der Waals surface area contributed by atoms with Gasteiger partial charge in [-0.1, -0.05) is 34.6 Å². The third-order valence-corrected chi connectivity index (χ3v) is 17.4. The fourth-order valence-electron chi connectivity index (χ4n) is 13.8. The lowest BCUT2D eigenvalue weighted by Crippen LogP contribution is -2.62. The zero-order chi connectivity index (χ0) is 47.6. The van der Waals surface area contributed by atoms with E-state index < -0.39 is 142 Å². The van der Waals surface area contributed by atoms with E-state index in [0.29, 0.717) is 32.1 Å². The summed E-state index contributed by atoms with van der Waals surface area (Å²) in [5, 5.41) is 149. The van der Waals surface area contributed by atoms with Crippen molar-refractivity contribution in [2.24, 2.45) is 52.3 Å². The van der Waals surface area contributed by atoms with Crippen LogP contribution >= 0.6 is 0 Å². The summed E-state index contributed by atoms with van der Waals surface area (Å²) < 4.78 is 35.7. The number of ether oxygens (including phenoxy) is 6. The Hall–Kier alpha value is -0.800. The van der Waals surface area contributed by atoms with Crippen molar-refractivity contribution in [2.75, 3.05) is 19.8 Å². The fraction of sp³-hybridized carbons (Fsp3) is 1.00. The maximum absolute atomic E-state index is 12.1. The van der Waals surface area contributed by atoms with E-state index >= 15 is 0 Å². The molecule has 28 atom stereocenters. The van der Waals surface area contributed by atoms with E-state index in [0.717, 1.165) is 12.8 Å². The summed E-state index contributed by atoms with van der Waals surface area (Å²) in [5.74, 6) is -0.512. The second kappa shape index (κ2) is 20.5. The normalized spacial score (nSPS) is 52.9. The van der Waals surface area contributed by atoms with Gasteiger partial charge in [0.15, 0.2) is 18.9 Å². The van der Waals surface area contributed by atoms with Crippen LogP contribution in [0.15, 0.2) is 0 Å². The van der Waals surface area contributed by atoms with E-state index in [-0.39, 0.29) is 58.7 Å². The van der Waals surface area contributed by atoms with Crippen LogP contribution in [0, 0.1) is 52.3 Å². The summed E-state index contributed by atoms with van der Waals surface area (Å²) in [6.45, 7) is 8.38. The Balaban J connectivity index is 1.05. The van der Waals surface area contributed by atoms with Crippen LogP contribution in [0.5, 0.6) is 0 Å². The van der Waals surface area contributed by atoms with E-state index in [1.165, 1.54) is 0 Å². The molecule has 14 N–H and O–H groups in total. The van der Waals surface area contributed by atoms with Gasteiger partial charge < -0.3 is 99.9 Å². The lowest BCUT2D eigenvalue weighted by Gasteiger charge is -2.62. The molecule has 4 saturated carbocycles. The minimum absolute atomic E-state index is 0.0259. The molecule has 0 aromatic heterocycles. The van der Waals surface area contributed by atoms with E-state index in [4.69, 9.17) is 28.4 Å². The minimum atomic E-state index is -1.71. The van der Waals surface area contributed by atoms with Crippen LogP contribution in [0.3, 0.4) is 0 Å². The summed E-state index contributed by atoms with van der Waals surface area (Å²) in [6, 6.07) is 0. The van der Waals surface area contributed by atoms with Gasteiger partial charge in [0, 0.05) is 0 Å². The van der Waals surface area contributed by atoms with Crippen LogP contribution in [0.25, 0.3) is 0 Å². The smallest absolute Gasteiger partial charge is 0.186 e. The Kier molecular flexibility index (Phi) is 16.4. The van der Waals surface area contributed by atoms with Crippen LogP contribution in [-0.4, -0.2) is 214 Å².